The highest BCUT2D eigenvalue weighted by molar-refractivity contribution is 6.31. The summed E-state index contributed by atoms with van der Waals surface area (Å²) in [6.45, 7) is 3.50. The Labute approximate surface area is 146 Å². The SMILES string of the molecule is CCc1ccc(CN(C)Cc2nc3cc(Cl)ccc3c(=O)[nH]2)cc1. The Morgan fingerprint density at radius 2 is 1.79 bits per heavy atom. The molecule has 124 valence electrons. The van der Waals surface area contributed by atoms with E-state index in [0.29, 0.717) is 28.3 Å². The third-order valence-corrected chi connectivity index (χ3v) is 4.26. The molecule has 0 amide bonds. The zero-order valence-electron chi connectivity index (χ0n) is 13.8. The van der Waals surface area contributed by atoms with Crippen molar-refractivity contribution in [1.82, 2.24) is 14.9 Å². The minimum absolute atomic E-state index is 0.132. The summed E-state index contributed by atoms with van der Waals surface area (Å²) < 4.78 is 0. The van der Waals surface area contributed by atoms with Crippen LogP contribution in [0.15, 0.2) is 47.3 Å². The molecule has 1 N–H and O–H groups in total. The molecular weight excluding hydrogens is 322 g/mol. The molecule has 0 saturated heterocycles. The maximum absolute atomic E-state index is 12.2. The van der Waals surface area contributed by atoms with E-state index in [1.165, 1.54) is 11.1 Å². The first-order chi connectivity index (χ1) is 11.5. The lowest BCUT2D eigenvalue weighted by Crippen LogP contribution is -2.21. The number of aryl methyl sites for hydroxylation is 1. The largest absolute Gasteiger partial charge is 0.309 e. The fourth-order valence-corrected chi connectivity index (χ4v) is 2.91. The van der Waals surface area contributed by atoms with Crippen molar-refractivity contribution in [3.63, 3.8) is 0 Å². The van der Waals surface area contributed by atoms with Crippen LogP contribution in [0.2, 0.25) is 5.02 Å². The standard InChI is InChI=1S/C19H20ClN3O/c1-3-13-4-6-14(7-5-13)11-23(2)12-18-21-17-10-15(20)8-9-16(17)19(24)22-18/h4-10H,3,11-12H2,1-2H3,(H,21,22,24). The number of fused-ring (bicyclic) bond motifs is 1. The molecule has 0 saturated carbocycles. The van der Waals surface area contributed by atoms with Gasteiger partial charge in [0, 0.05) is 11.6 Å². The first kappa shape index (κ1) is 16.7. The molecule has 0 aliphatic carbocycles. The van der Waals surface area contributed by atoms with Gasteiger partial charge in [0.2, 0.25) is 0 Å². The summed E-state index contributed by atoms with van der Waals surface area (Å²) in [7, 11) is 2.01. The van der Waals surface area contributed by atoms with Gasteiger partial charge in [-0.1, -0.05) is 42.8 Å². The monoisotopic (exact) mass is 341 g/mol. The third-order valence-electron chi connectivity index (χ3n) is 4.02. The highest BCUT2D eigenvalue weighted by Gasteiger charge is 2.08. The molecule has 4 nitrogen and oxygen atoms in total. The molecule has 1 aromatic heterocycles. The number of nitrogens with one attached hydrogen (secondary N) is 1. The van der Waals surface area contributed by atoms with Gasteiger partial charge in [-0.15, -0.1) is 0 Å². The Morgan fingerprint density at radius 1 is 1.08 bits per heavy atom. The maximum Gasteiger partial charge on any atom is 0.258 e. The van der Waals surface area contributed by atoms with Gasteiger partial charge in [0.1, 0.15) is 5.82 Å². The Hall–Kier alpha value is -2.17. The molecule has 0 aliphatic heterocycles. The number of H-pyrrole nitrogens is 1. The van der Waals surface area contributed by atoms with Crippen LogP contribution < -0.4 is 5.56 Å². The van der Waals surface area contributed by atoms with E-state index in [-0.39, 0.29) is 5.56 Å². The molecule has 0 atom stereocenters. The molecule has 0 aliphatic rings. The number of aromatic nitrogens is 2. The summed E-state index contributed by atoms with van der Waals surface area (Å²) >= 11 is 6.00. The van der Waals surface area contributed by atoms with E-state index in [1.807, 2.05) is 7.05 Å². The number of rotatable bonds is 5. The van der Waals surface area contributed by atoms with Gasteiger partial charge in [-0.25, -0.2) is 4.98 Å². The second kappa shape index (κ2) is 7.16. The van der Waals surface area contributed by atoms with Crippen molar-refractivity contribution in [2.75, 3.05) is 7.05 Å². The van der Waals surface area contributed by atoms with Crippen LogP contribution in [0.5, 0.6) is 0 Å². The van der Waals surface area contributed by atoms with Crippen molar-refractivity contribution in [2.24, 2.45) is 0 Å². The van der Waals surface area contributed by atoms with Crippen molar-refractivity contribution < 1.29 is 0 Å². The van der Waals surface area contributed by atoms with Crippen molar-refractivity contribution in [1.29, 1.82) is 0 Å². The average molecular weight is 342 g/mol. The van der Waals surface area contributed by atoms with Crippen LogP contribution in [0, 0.1) is 0 Å². The van der Waals surface area contributed by atoms with Gasteiger partial charge in [0.15, 0.2) is 0 Å². The van der Waals surface area contributed by atoms with Crippen molar-refractivity contribution in [3.05, 3.63) is 74.8 Å². The van der Waals surface area contributed by atoms with Gasteiger partial charge >= 0.3 is 0 Å². The first-order valence-corrected chi connectivity index (χ1v) is 8.38. The Bertz CT molecular complexity index is 903. The number of hydrogen-bond donors (Lipinski definition) is 1. The molecule has 24 heavy (non-hydrogen) atoms. The molecule has 3 rings (SSSR count). The maximum atomic E-state index is 12.2. The van der Waals surface area contributed by atoms with E-state index in [2.05, 4.69) is 46.1 Å². The van der Waals surface area contributed by atoms with Crippen LogP contribution >= 0.6 is 11.6 Å². The highest BCUT2D eigenvalue weighted by atomic mass is 35.5. The number of benzene rings is 2. The van der Waals surface area contributed by atoms with Gasteiger partial charge in [-0.05, 0) is 42.8 Å². The molecule has 0 unspecified atom stereocenters. The minimum Gasteiger partial charge on any atom is -0.309 e. The lowest BCUT2D eigenvalue weighted by atomic mass is 10.1. The van der Waals surface area contributed by atoms with E-state index in [4.69, 9.17) is 11.6 Å². The second-order valence-electron chi connectivity index (χ2n) is 6.02. The lowest BCUT2D eigenvalue weighted by Gasteiger charge is -2.16. The molecule has 3 aromatic rings. The van der Waals surface area contributed by atoms with E-state index in [1.54, 1.807) is 18.2 Å². The smallest absolute Gasteiger partial charge is 0.258 e. The molecule has 2 aromatic carbocycles. The fourth-order valence-electron chi connectivity index (χ4n) is 2.74. The third kappa shape index (κ3) is 3.83. The van der Waals surface area contributed by atoms with Gasteiger partial charge in [-0.2, -0.15) is 0 Å². The second-order valence-corrected chi connectivity index (χ2v) is 6.45. The summed E-state index contributed by atoms with van der Waals surface area (Å²) in [5, 5.41) is 1.14. The van der Waals surface area contributed by atoms with Gasteiger partial charge < -0.3 is 4.98 Å². The predicted octanol–water partition coefficient (Wildman–Crippen LogP) is 3.77. The quantitative estimate of drug-likeness (QED) is 0.768. The van der Waals surface area contributed by atoms with E-state index >= 15 is 0 Å². The molecule has 0 bridgehead atoms. The molecule has 0 radical (unpaired) electrons. The van der Waals surface area contributed by atoms with Crippen LogP contribution in [0.4, 0.5) is 0 Å². The summed E-state index contributed by atoms with van der Waals surface area (Å²) in [5.41, 5.74) is 3.06. The minimum atomic E-state index is -0.132. The summed E-state index contributed by atoms with van der Waals surface area (Å²) in [5.74, 6) is 0.641. The molecule has 0 spiro atoms. The predicted molar refractivity (Wildman–Crippen MR) is 98.4 cm³/mol. The average Bonchev–Trinajstić information content (AvgIpc) is 2.55. The normalized spacial score (nSPS) is 11.3. The van der Waals surface area contributed by atoms with Gasteiger partial charge in [-0.3, -0.25) is 9.69 Å². The van der Waals surface area contributed by atoms with E-state index in [9.17, 15) is 4.79 Å². The fraction of sp³-hybridized carbons (Fsp3) is 0.263. The van der Waals surface area contributed by atoms with Crippen LogP contribution in [-0.4, -0.2) is 21.9 Å². The van der Waals surface area contributed by atoms with Gasteiger partial charge in [0.05, 0.1) is 17.4 Å². The topological polar surface area (TPSA) is 49.0 Å². The summed E-state index contributed by atoms with van der Waals surface area (Å²) in [4.78, 5) is 21.7. The molecule has 5 heteroatoms. The number of aromatic amines is 1. The first-order valence-electron chi connectivity index (χ1n) is 8.00. The van der Waals surface area contributed by atoms with Crippen LogP contribution in [0.3, 0.4) is 0 Å². The van der Waals surface area contributed by atoms with E-state index in [0.717, 1.165) is 13.0 Å². The molecule has 0 fully saturated rings. The highest BCUT2D eigenvalue weighted by Crippen LogP contribution is 2.15. The number of nitrogens with zero attached hydrogens (tertiary/aromatic N) is 2. The van der Waals surface area contributed by atoms with E-state index < -0.39 is 0 Å². The van der Waals surface area contributed by atoms with Crippen LogP contribution in [0.1, 0.15) is 23.9 Å². The Balaban J connectivity index is 1.77. The number of halogens is 1. The Morgan fingerprint density at radius 3 is 2.50 bits per heavy atom. The van der Waals surface area contributed by atoms with Crippen molar-refractivity contribution >= 4 is 22.5 Å². The Kier molecular flexibility index (Phi) is 4.97. The molecular formula is C19H20ClN3O. The van der Waals surface area contributed by atoms with Crippen LogP contribution in [0.25, 0.3) is 10.9 Å². The van der Waals surface area contributed by atoms with Crippen molar-refractivity contribution in [3.8, 4) is 0 Å². The van der Waals surface area contributed by atoms with Crippen molar-refractivity contribution in [2.45, 2.75) is 26.4 Å². The molecule has 1 heterocycles. The van der Waals surface area contributed by atoms with Gasteiger partial charge in [0.25, 0.3) is 5.56 Å². The lowest BCUT2D eigenvalue weighted by molar-refractivity contribution is 0.310. The van der Waals surface area contributed by atoms with Crippen LogP contribution in [-0.2, 0) is 19.5 Å². The summed E-state index contributed by atoms with van der Waals surface area (Å²) in [6, 6.07) is 13.7. The zero-order chi connectivity index (χ0) is 17.1. The summed E-state index contributed by atoms with van der Waals surface area (Å²) in [6.07, 6.45) is 1.04. The number of hydrogen-bond acceptors (Lipinski definition) is 3. The zero-order valence-corrected chi connectivity index (χ0v) is 14.6.